The van der Waals surface area contributed by atoms with Crippen LogP contribution in [0, 0.1) is 56.7 Å². The Bertz CT molecular complexity index is 1680. The highest BCUT2D eigenvalue weighted by Crippen LogP contribution is 2.77. The van der Waals surface area contributed by atoms with Crippen LogP contribution in [-0.2, 0) is 4.79 Å². The Balaban J connectivity index is 1.15. The highest BCUT2D eigenvalue weighted by molar-refractivity contribution is 5.88. The molecular weight excluding hydrogens is 617 g/mol. The van der Waals surface area contributed by atoms with E-state index in [9.17, 15) is 14.7 Å². The van der Waals surface area contributed by atoms with Crippen molar-refractivity contribution in [1.29, 1.82) is 0 Å². The highest BCUT2D eigenvalue weighted by atomic mass is 16.4. The summed E-state index contributed by atoms with van der Waals surface area (Å²) in [6, 6.07) is 17.8. The number of carbonyl (C=O) groups is 2. The molecule has 268 valence electrons. The zero-order valence-corrected chi connectivity index (χ0v) is 31.4. The maximum atomic E-state index is 14.4. The predicted octanol–water partition coefficient (Wildman–Crippen LogP) is 10.3. The smallest absolute Gasteiger partial charge is 0.335 e. The molecule has 50 heavy (non-hydrogen) atoms. The molecule has 3 N–H and O–H groups in total. The molecule has 9 atom stereocenters. The van der Waals surface area contributed by atoms with Crippen LogP contribution in [0.5, 0.6) is 0 Å². The Morgan fingerprint density at radius 3 is 2.22 bits per heavy atom. The van der Waals surface area contributed by atoms with Crippen LogP contribution in [0.3, 0.4) is 0 Å². The van der Waals surface area contributed by atoms with Gasteiger partial charge >= 0.3 is 5.97 Å². The molecule has 5 nitrogen and oxygen atoms in total. The van der Waals surface area contributed by atoms with Crippen molar-refractivity contribution in [2.75, 3.05) is 18.4 Å². The van der Waals surface area contributed by atoms with Gasteiger partial charge in [0.2, 0.25) is 5.91 Å². The summed E-state index contributed by atoms with van der Waals surface area (Å²) in [5.74, 6) is 1.87. The van der Waals surface area contributed by atoms with E-state index in [1.807, 2.05) is 30.3 Å². The van der Waals surface area contributed by atoms with Gasteiger partial charge in [0.1, 0.15) is 0 Å². The number of carboxylic acids is 1. The van der Waals surface area contributed by atoms with Crippen molar-refractivity contribution in [3.8, 4) is 0 Å². The first-order chi connectivity index (χ1) is 23.7. The van der Waals surface area contributed by atoms with Gasteiger partial charge in [-0.3, -0.25) is 4.79 Å². The average Bonchev–Trinajstić information content (AvgIpc) is 3.49. The topological polar surface area (TPSA) is 78.4 Å². The standard InChI is InChI=1S/C45H60N2O3/c1-29(2)33-19-24-45(40(50)47-28-27-46-32-11-9-8-10-12-32)26-25-43(6)35(38(33)45)17-18-37-42(5)22-20-34(30-13-15-31(16-14-30)39(48)49)41(3,4)36(42)21-23-44(37,43)7/h8-16,20,33,35-38,46H,1,17-19,21-28H2,2-7H3,(H,47,50)(H,48,49)/t33-,35+,36-,37+,38+,42-,43+,44+,45-/m0/s1. The van der Waals surface area contributed by atoms with Crippen LogP contribution >= 0.6 is 0 Å². The van der Waals surface area contributed by atoms with Gasteiger partial charge in [0.05, 0.1) is 11.0 Å². The van der Waals surface area contributed by atoms with Crippen molar-refractivity contribution in [3.63, 3.8) is 0 Å². The van der Waals surface area contributed by atoms with Gasteiger partial charge in [-0.05, 0) is 151 Å². The highest BCUT2D eigenvalue weighted by Gasteiger charge is 2.71. The number of carbonyl (C=O) groups excluding carboxylic acids is 1. The predicted molar refractivity (Wildman–Crippen MR) is 204 cm³/mol. The largest absolute Gasteiger partial charge is 0.478 e. The van der Waals surface area contributed by atoms with Crippen molar-refractivity contribution in [2.24, 2.45) is 56.7 Å². The molecule has 0 saturated heterocycles. The van der Waals surface area contributed by atoms with Crippen LogP contribution in [0.2, 0.25) is 0 Å². The van der Waals surface area contributed by atoms with Crippen LogP contribution in [0.15, 0.2) is 72.8 Å². The first kappa shape index (κ1) is 35.1. The Morgan fingerprint density at radius 1 is 0.820 bits per heavy atom. The maximum absolute atomic E-state index is 14.4. The fraction of sp³-hybridized carbons (Fsp3) is 0.600. The van der Waals surface area contributed by atoms with Crippen molar-refractivity contribution in [1.82, 2.24) is 5.32 Å². The minimum atomic E-state index is -0.874. The second-order valence-electron chi connectivity index (χ2n) is 18.3. The van der Waals surface area contributed by atoms with E-state index in [1.54, 1.807) is 12.1 Å². The van der Waals surface area contributed by atoms with Gasteiger partial charge in [-0.15, -0.1) is 0 Å². The number of hydrogen-bond donors (Lipinski definition) is 3. The third kappa shape index (κ3) is 5.14. The molecule has 7 rings (SSSR count). The van der Waals surface area contributed by atoms with E-state index in [4.69, 9.17) is 0 Å². The summed E-state index contributed by atoms with van der Waals surface area (Å²) in [7, 11) is 0. The van der Waals surface area contributed by atoms with Crippen molar-refractivity contribution < 1.29 is 14.7 Å². The second-order valence-corrected chi connectivity index (χ2v) is 18.3. The molecule has 0 aromatic heterocycles. The van der Waals surface area contributed by atoms with E-state index in [2.05, 4.69) is 77.0 Å². The van der Waals surface area contributed by atoms with E-state index in [1.165, 1.54) is 36.8 Å². The third-order valence-electron chi connectivity index (χ3n) is 16.1. The fourth-order valence-electron chi connectivity index (χ4n) is 13.5. The number of fused-ring (bicyclic) bond motifs is 7. The van der Waals surface area contributed by atoms with Gasteiger partial charge < -0.3 is 15.7 Å². The SMILES string of the molecule is C=C(C)[C@@H]1CC[C@]2(C(=O)NCCNc3ccccc3)CC[C@]3(C)[C@H](CC[C@@H]4[C@@]5(C)CC=C(c6ccc(C(=O)O)cc6)C(C)(C)[C@@H]5CC[C@]43C)[C@@H]12. The molecule has 2 aromatic rings. The minimum Gasteiger partial charge on any atom is -0.478 e. The first-order valence-corrected chi connectivity index (χ1v) is 19.5. The maximum Gasteiger partial charge on any atom is 0.335 e. The normalized spacial score (nSPS) is 38.4. The quantitative estimate of drug-likeness (QED) is 0.192. The van der Waals surface area contributed by atoms with Gasteiger partial charge in [-0.1, -0.05) is 83.2 Å². The molecule has 1 amide bonds. The van der Waals surface area contributed by atoms with E-state index in [-0.39, 0.29) is 33.0 Å². The molecule has 0 heterocycles. The van der Waals surface area contributed by atoms with Crippen LogP contribution < -0.4 is 10.6 Å². The molecular formula is C45H60N2O3. The minimum absolute atomic E-state index is 0.0114. The lowest BCUT2D eigenvalue weighted by atomic mass is 9.32. The zero-order valence-electron chi connectivity index (χ0n) is 31.4. The summed E-state index contributed by atoms with van der Waals surface area (Å²) < 4.78 is 0. The number of rotatable bonds is 8. The van der Waals surface area contributed by atoms with Crippen molar-refractivity contribution in [3.05, 3.63) is 84.0 Å². The second kappa shape index (κ2) is 12.4. The first-order valence-electron chi connectivity index (χ1n) is 19.5. The van der Waals surface area contributed by atoms with Crippen molar-refractivity contribution in [2.45, 2.75) is 99.3 Å². The lowest BCUT2D eigenvalue weighted by Crippen LogP contribution is -2.66. The average molecular weight is 677 g/mol. The van der Waals surface area contributed by atoms with Gasteiger partial charge in [0.15, 0.2) is 0 Å². The van der Waals surface area contributed by atoms with E-state index < -0.39 is 5.97 Å². The molecule has 5 aliphatic carbocycles. The molecule has 0 spiro atoms. The third-order valence-corrected chi connectivity index (χ3v) is 16.1. The summed E-state index contributed by atoms with van der Waals surface area (Å²) in [6.07, 6.45) is 12.6. The Labute approximate surface area is 300 Å². The molecule has 4 fully saturated rings. The Kier molecular flexibility index (Phi) is 8.71. The van der Waals surface area contributed by atoms with Crippen LogP contribution in [0.25, 0.3) is 5.57 Å². The summed E-state index contributed by atoms with van der Waals surface area (Å²) in [4.78, 5) is 26.0. The van der Waals surface area contributed by atoms with E-state index in [0.717, 1.165) is 49.9 Å². The number of allylic oxidation sites excluding steroid dienone is 3. The van der Waals surface area contributed by atoms with Gasteiger partial charge in [0.25, 0.3) is 0 Å². The molecule has 5 aliphatic rings. The Hall–Kier alpha value is -3.34. The van der Waals surface area contributed by atoms with Gasteiger partial charge in [-0.2, -0.15) is 0 Å². The van der Waals surface area contributed by atoms with Crippen LogP contribution in [0.4, 0.5) is 5.69 Å². The lowest BCUT2D eigenvalue weighted by Gasteiger charge is -2.72. The Morgan fingerprint density at radius 2 is 1.54 bits per heavy atom. The molecule has 5 heteroatoms. The molecule has 2 aromatic carbocycles. The van der Waals surface area contributed by atoms with Crippen LogP contribution in [-0.4, -0.2) is 30.1 Å². The molecule has 0 bridgehead atoms. The number of benzene rings is 2. The number of aromatic carboxylic acids is 1. The number of anilines is 1. The summed E-state index contributed by atoms with van der Waals surface area (Å²) in [5.41, 5.74) is 5.50. The summed E-state index contributed by atoms with van der Waals surface area (Å²) in [5, 5.41) is 16.4. The summed E-state index contributed by atoms with van der Waals surface area (Å²) >= 11 is 0. The number of nitrogens with one attached hydrogen (secondary N) is 2. The van der Waals surface area contributed by atoms with Crippen LogP contribution in [0.1, 0.15) is 115 Å². The number of para-hydroxylation sites is 1. The van der Waals surface area contributed by atoms with Gasteiger partial charge in [0, 0.05) is 18.8 Å². The number of carboxylic acid groups (broad SMARTS) is 1. The molecule has 4 saturated carbocycles. The molecule has 0 unspecified atom stereocenters. The number of hydrogen-bond acceptors (Lipinski definition) is 3. The fourth-order valence-corrected chi connectivity index (χ4v) is 13.5. The van der Waals surface area contributed by atoms with Gasteiger partial charge in [-0.25, -0.2) is 4.79 Å². The monoisotopic (exact) mass is 676 g/mol. The molecule has 0 aliphatic heterocycles. The van der Waals surface area contributed by atoms with Crippen molar-refractivity contribution >= 4 is 23.1 Å². The van der Waals surface area contributed by atoms with E-state index in [0.29, 0.717) is 41.7 Å². The van der Waals surface area contributed by atoms with E-state index >= 15 is 0 Å². The number of amides is 1. The zero-order chi connectivity index (χ0) is 35.7. The lowest BCUT2D eigenvalue weighted by molar-refractivity contribution is -0.225. The molecule has 0 radical (unpaired) electrons. The summed E-state index contributed by atoms with van der Waals surface area (Å²) in [6.45, 7) is 20.9.